The fourth-order valence-corrected chi connectivity index (χ4v) is 2.57. The topological polar surface area (TPSA) is 96.0 Å². The Hall–Kier alpha value is -0.820. The Morgan fingerprint density at radius 3 is 2.50 bits per heavy atom. The van der Waals surface area contributed by atoms with Crippen LogP contribution in [0.3, 0.4) is 0 Å². The summed E-state index contributed by atoms with van der Waals surface area (Å²) in [4.78, 5) is 2.00. The van der Waals surface area contributed by atoms with Gasteiger partial charge in [-0.3, -0.25) is 0 Å². The maximum absolute atomic E-state index is 11.1. The highest BCUT2D eigenvalue weighted by Gasteiger charge is 2.21. The molecule has 3 N–H and O–H groups in total. The number of hydrogen-bond acceptors (Lipinski definition) is 5. The summed E-state index contributed by atoms with van der Waals surface area (Å²) in [7, 11) is -2.81. The first kappa shape index (κ1) is 11.3. The van der Waals surface area contributed by atoms with Gasteiger partial charge in [0.05, 0.1) is 11.5 Å². The lowest BCUT2D eigenvalue weighted by atomic mass is 10.3. The van der Waals surface area contributed by atoms with Gasteiger partial charge >= 0.3 is 0 Å². The Balaban J connectivity index is 2.30. The van der Waals surface area contributed by atoms with Gasteiger partial charge in [0.25, 0.3) is 0 Å². The zero-order valence-corrected chi connectivity index (χ0v) is 8.70. The standard InChI is InChI=1S/C7H15N3O3S/c8-7(9-11)1-2-10-3-5-14(12,13)6-4-10/h11H,1-6H2,(H2,8,9). The monoisotopic (exact) mass is 221 g/mol. The zero-order chi connectivity index (χ0) is 10.6. The van der Waals surface area contributed by atoms with Gasteiger partial charge < -0.3 is 15.8 Å². The molecule has 0 bridgehead atoms. The van der Waals surface area contributed by atoms with Crippen molar-refractivity contribution < 1.29 is 13.6 Å². The van der Waals surface area contributed by atoms with E-state index in [9.17, 15) is 8.42 Å². The summed E-state index contributed by atoms with van der Waals surface area (Å²) in [5.74, 6) is 0.602. The van der Waals surface area contributed by atoms with Crippen LogP contribution in [0.15, 0.2) is 5.16 Å². The minimum absolute atomic E-state index is 0.179. The van der Waals surface area contributed by atoms with Crippen LogP contribution < -0.4 is 5.73 Å². The van der Waals surface area contributed by atoms with Crippen molar-refractivity contribution in [3.63, 3.8) is 0 Å². The summed E-state index contributed by atoms with van der Waals surface area (Å²) in [6, 6.07) is 0. The summed E-state index contributed by atoms with van der Waals surface area (Å²) in [6.45, 7) is 1.73. The van der Waals surface area contributed by atoms with E-state index in [4.69, 9.17) is 10.9 Å². The third-order valence-electron chi connectivity index (χ3n) is 2.25. The van der Waals surface area contributed by atoms with Crippen molar-refractivity contribution in [1.82, 2.24) is 4.90 Å². The van der Waals surface area contributed by atoms with E-state index < -0.39 is 9.84 Å². The van der Waals surface area contributed by atoms with Crippen LogP contribution in [0.4, 0.5) is 0 Å². The largest absolute Gasteiger partial charge is 0.409 e. The van der Waals surface area contributed by atoms with Gasteiger partial charge in [-0.25, -0.2) is 8.42 Å². The van der Waals surface area contributed by atoms with Crippen molar-refractivity contribution in [3.05, 3.63) is 0 Å². The quantitative estimate of drug-likeness (QED) is 0.271. The van der Waals surface area contributed by atoms with Gasteiger partial charge in [-0.1, -0.05) is 5.16 Å². The molecule has 0 saturated carbocycles. The summed E-state index contributed by atoms with van der Waals surface area (Å²) >= 11 is 0. The smallest absolute Gasteiger partial charge is 0.152 e. The SMILES string of the molecule is N/C(CCN1CCS(=O)(=O)CC1)=N\O. The van der Waals surface area contributed by atoms with Crippen molar-refractivity contribution in [3.8, 4) is 0 Å². The normalized spacial score (nSPS) is 23.6. The molecule has 0 spiro atoms. The van der Waals surface area contributed by atoms with Crippen molar-refractivity contribution in [2.45, 2.75) is 6.42 Å². The maximum Gasteiger partial charge on any atom is 0.152 e. The molecule has 0 unspecified atom stereocenters. The number of nitrogens with two attached hydrogens (primary N) is 1. The Labute approximate surface area is 83.3 Å². The Kier molecular flexibility index (Phi) is 3.70. The van der Waals surface area contributed by atoms with Crippen LogP contribution in [-0.4, -0.2) is 55.5 Å². The molecular weight excluding hydrogens is 206 g/mol. The number of nitrogens with zero attached hydrogens (tertiary/aromatic N) is 2. The maximum atomic E-state index is 11.1. The Morgan fingerprint density at radius 2 is 2.00 bits per heavy atom. The fraction of sp³-hybridized carbons (Fsp3) is 0.857. The first-order valence-corrected chi connectivity index (χ1v) is 6.25. The Bertz CT molecular complexity index is 298. The molecule has 14 heavy (non-hydrogen) atoms. The van der Waals surface area contributed by atoms with Gasteiger partial charge in [-0.15, -0.1) is 0 Å². The number of hydrogen-bond donors (Lipinski definition) is 2. The van der Waals surface area contributed by atoms with Gasteiger partial charge in [0.2, 0.25) is 0 Å². The van der Waals surface area contributed by atoms with Crippen molar-refractivity contribution in [2.75, 3.05) is 31.1 Å². The van der Waals surface area contributed by atoms with Crippen LogP contribution in [0, 0.1) is 0 Å². The van der Waals surface area contributed by atoms with Gasteiger partial charge in [0, 0.05) is 26.1 Å². The van der Waals surface area contributed by atoms with Crippen LogP contribution in [0.5, 0.6) is 0 Å². The molecule has 1 heterocycles. The van der Waals surface area contributed by atoms with E-state index in [2.05, 4.69) is 5.16 Å². The zero-order valence-electron chi connectivity index (χ0n) is 7.89. The lowest BCUT2D eigenvalue weighted by Gasteiger charge is -2.25. The summed E-state index contributed by atoms with van der Waals surface area (Å²) < 4.78 is 22.2. The minimum atomic E-state index is -2.81. The highest BCUT2D eigenvalue weighted by molar-refractivity contribution is 7.91. The molecular formula is C7H15N3O3S. The second kappa shape index (κ2) is 4.61. The van der Waals surface area contributed by atoms with Gasteiger partial charge in [-0.05, 0) is 0 Å². The average molecular weight is 221 g/mol. The van der Waals surface area contributed by atoms with E-state index >= 15 is 0 Å². The average Bonchev–Trinajstić information content (AvgIpc) is 2.16. The molecule has 0 amide bonds. The van der Waals surface area contributed by atoms with Crippen LogP contribution >= 0.6 is 0 Å². The predicted octanol–water partition coefficient (Wildman–Crippen LogP) is -1.15. The summed E-state index contributed by atoms with van der Waals surface area (Å²) in [6.07, 6.45) is 0.469. The first-order chi connectivity index (χ1) is 6.53. The molecule has 0 aliphatic carbocycles. The fourth-order valence-electron chi connectivity index (χ4n) is 1.30. The molecule has 6 nitrogen and oxygen atoms in total. The second-order valence-corrected chi connectivity index (χ2v) is 5.64. The highest BCUT2D eigenvalue weighted by Crippen LogP contribution is 2.03. The number of oxime groups is 1. The van der Waals surface area contributed by atoms with E-state index in [-0.39, 0.29) is 17.3 Å². The van der Waals surface area contributed by atoms with Gasteiger partial charge in [0.15, 0.2) is 9.84 Å². The molecule has 0 atom stereocenters. The summed E-state index contributed by atoms with van der Waals surface area (Å²) in [5.41, 5.74) is 5.30. The van der Waals surface area contributed by atoms with E-state index in [1.54, 1.807) is 0 Å². The molecule has 0 radical (unpaired) electrons. The molecule has 1 rings (SSSR count). The lowest BCUT2D eigenvalue weighted by Crippen LogP contribution is -2.41. The van der Waals surface area contributed by atoms with Gasteiger partial charge in [-0.2, -0.15) is 0 Å². The number of rotatable bonds is 3. The van der Waals surface area contributed by atoms with Crippen LogP contribution in [-0.2, 0) is 9.84 Å². The molecule has 0 aromatic carbocycles. The van der Waals surface area contributed by atoms with E-state index in [0.29, 0.717) is 26.1 Å². The minimum Gasteiger partial charge on any atom is -0.409 e. The highest BCUT2D eigenvalue weighted by atomic mass is 32.2. The van der Waals surface area contributed by atoms with Crippen LogP contribution in [0.25, 0.3) is 0 Å². The lowest BCUT2D eigenvalue weighted by molar-refractivity contribution is 0.295. The van der Waals surface area contributed by atoms with Crippen LogP contribution in [0.2, 0.25) is 0 Å². The predicted molar refractivity (Wildman–Crippen MR) is 53.1 cm³/mol. The molecule has 1 fully saturated rings. The molecule has 0 aromatic rings. The molecule has 7 heteroatoms. The first-order valence-electron chi connectivity index (χ1n) is 4.43. The molecule has 82 valence electrons. The second-order valence-electron chi connectivity index (χ2n) is 3.33. The molecule has 1 saturated heterocycles. The third-order valence-corrected chi connectivity index (χ3v) is 3.86. The Morgan fingerprint density at radius 1 is 1.43 bits per heavy atom. The van der Waals surface area contributed by atoms with E-state index in [1.807, 2.05) is 4.90 Å². The van der Waals surface area contributed by atoms with Crippen molar-refractivity contribution in [2.24, 2.45) is 10.9 Å². The summed E-state index contributed by atoms with van der Waals surface area (Å²) in [5, 5.41) is 11.1. The third kappa shape index (κ3) is 3.51. The number of sulfone groups is 1. The van der Waals surface area contributed by atoms with Crippen molar-refractivity contribution >= 4 is 15.7 Å². The van der Waals surface area contributed by atoms with Gasteiger partial charge in [0.1, 0.15) is 5.84 Å². The molecule has 1 aliphatic rings. The van der Waals surface area contributed by atoms with Crippen molar-refractivity contribution in [1.29, 1.82) is 0 Å². The number of amidine groups is 1. The van der Waals surface area contributed by atoms with E-state index in [1.165, 1.54) is 0 Å². The molecule has 0 aromatic heterocycles. The van der Waals surface area contributed by atoms with E-state index in [0.717, 1.165) is 0 Å². The molecule has 1 aliphatic heterocycles. The van der Waals surface area contributed by atoms with Crippen LogP contribution in [0.1, 0.15) is 6.42 Å².